The van der Waals surface area contributed by atoms with Crippen LogP contribution in [-0.4, -0.2) is 30.4 Å². The Morgan fingerprint density at radius 2 is 1.71 bits per heavy atom. The number of carbonyl (C=O) groups excluding carboxylic acids is 3. The van der Waals surface area contributed by atoms with Crippen LogP contribution in [0.5, 0.6) is 0 Å². The summed E-state index contributed by atoms with van der Waals surface area (Å²) in [5.74, 6) is -2.33. The highest BCUT2D eigenvalue weighted by Gasteiger charge is 2.26. The Balaban J connectivity index is 1.86. The number of benzene rings is 2. The molecule has 28 heavy (non-hydrogen) atoms. The van der Waals surface area contributed by atoms with Crippen LogP contribution >= 0.6 is 0 Å². The molecule has 6 nitrogen and oxygen atoms in total. The normalized spacial score (nSPS) is 11.6. The molecule has 148 valence electrons. The molecular formula is C21H23FN2O4. The fourth-order valence-electron chi connectivity index (χ4n) is 2.49. The molecule has 0 radical (unpaired) electrons. The minimum Gasteiger partial charge on any atom is -0.454 e. The number of nitrogens with one attached hydrogen (secondary N) is 2. The van der Waals surface area contributed by atoms with Gasteiger partial charge >= 0.3 is 5.97 Å². The smallest absolute Gasteiger partial charge is 0.329 e. The SMILES string of the molecule is CC(C)[C@H](NC(=O)Cc1ccccc1)C(=O)OCC(=O)Nc1cccc(F)c1. The maximum absolute atomic E-state index is 13.1. The molecule has 2 aromatic rings. The van der Waals surface area contributed by atoms with Gasteiger partial charge in [0.15, 0.2) is 6.61 Å². The highest BCUT2D eigenvalue weighted by Crippen LogP contribution is 2.09. The second-order valence-corrected chi connectivity index (χ2v) is 6.62. The number of rotatable bonds is 8. The Morgan fingerprint density at radius 1 is 1.00 bits per heavy atom. The molecule has 2 amide bonds. The molecule has 2 aromatic carbocycles. The summed E-state index contributed by atoms with van der Waals surface area (Å²) < 4.78 is 18.1. The van der Waals surface area contributed by atoms with E-state index in [-0.39, 0.29) is 23.9 Å². The average molecular weight is 386 g/mol. The molecule has 0 saturated carbocycles. The van der Waals surface area contributed by atoms with Gasteiger partial charge in [-0.25, -0.2) is 9.18 Å². The van der Waals surface area contributed by atoms with E-state index in [1.165, 1.54) is 18.2 Å². The fourth-order valence-corrected chi connectivity index (χ4v) is 2.49. The zero-order chi connectivity index (χ0) is 20.5. The summed E-state index contributed by atoms with van der Waals surface area (Å²) in [6, 6.07) is 13.6. The van der Waals surface area contributed by atoms with Crippen molar-refractivity contribution < 1.29 is 23.5 Å². The third-order valence-electron chi connectivity index (χ3n) is 3.90. The van der Waals surface area contributed by atoms with Crippen LogP contribution in [0, 0.1) is 11.7 Å². The summed E-state index contributed by atoms with van der Waals surface area (Å²) in [5.41, 5.74) is 1.09. The summed E-state index contributed by atoms with van der Waals surface area (Å²) in [7, 11) is 0. The van der Waals surface area contributed by atoms with Crippen LogP contribution in [0.2, 0.25) is 0 Å². The number of halogens is 1. The zero-order valence-corrected chi connectivity index (χ0v) is 15.8. The van der Waals surface area contributed by atoms with Crippen LogP contribution in [0.4, 0.5) is 10.1 Å². The van der Waals surface area contributed by atoms with Crippen LogP contribution in [0.15, 0.2) is 54.6 Å². The minimum absolute atomic E-state index is 0.136. The fraction of sp³-hybridized carbons (Fsp3) is 0.286. The van der Waals surface area contributed by atoms with Crippen molar-refractivity contribution in [3.63, 3.8) is 0 Å². The van der Waals surface area contributed by atoms with E-state index in [0.717, 1.165) is 11.6 Å². The first kappa shape index (κ1) is 21.1. The molecule has 0 saturated heterocycles. The van der Waals surface area contributed by atoms with Gasteiger partial charge in [-0.15, -0.1) is 0 Å². The molecule has 0 heterocycles. The molecule has 0 fully saturated rings. The number of anilines is 1. The molecule has 0 aromatic heterocycles. The number of ether oxygens (including phenoxy) is 1. The summed E-state index contributed by atoms with van der Waals surface area (Å²) in [6.07, 6.45) is 0.136. The second-order valence-electron chi connectivity index (χ2n) is 6.62. The van der Waals surface area contributed by atoms with Gasteiger partial charge in [-0.2, -0.15) is 0 Å². The number of carbonyl (C=O) groups is 3. The van der Waals surface area contributed by atoms with Gasteiger partial charge in [-0.05, 0) is 29.7 Å². The van der Waals surface area contributed by atoms with Crippen molar-refractivity contribution in [3.8, 4) is 0 Å². The van der Waals surface area contributed by atoms with E-state index in [2.05, 4.69) is 10.6 Å². The molecule has 2 rings (SSSR count). The van der Waals surface area contributed by atoms with Crippen molar-refractivity contribution >= 4 is 23.5 Å². The molecule has 0 unspecified atom stereocenters. The molecular weight excluding hydrogens is 363 g/mol. The molecule has 0 aliphatic carbocycles. The first-order valence-corrected chi connectivity index (χ1v) is 8.90. The van der Waals surface area contributed by atoms with Gasteiger partial charge in [0.1, 0.15) is 11.9 Å². The largest absolute Gasteiger partial charge is 0.454 e. The number of hydrogen-bond acceptors (Lipinski definition) is 4. The van der Waals surface area contributed by atoms with Crippen molar-refractivity contribution in [1.82, 2.24) is 5.32 Å². The maximum Gasteiger partial charge on any atom is 0.329 e. The standard InChI is InChI=1S/C21H23FN2O4/c1-14(2)20(24-18(25)11-15-7-4-3-5-8-15)21(27)28-13-19(26)23-17-10-6-9-16(22)12-17/h3-10,12,14,20H,11,13H2,1-2H3,(H,23,26)(H,24,25)/t20-/m0/s1. The topological polar surface area (TPSA) is 84.5 Å². The Kier molecular flexibility index (Phi) is 7.68. The predicted octanol–water partition coefficient (Wildman–Crippen LogP) is 2.69. The first-order chi connectivity index (χ1) is 13.3. The lowest BCUT2D eigenvalue weighted by molar-refractivity contribution is -0.151. The zero-order valence-electron chi connectivity index (χ0n) is 15.8. The Bertz CT molecular complexity index is 824. The average Bonchev–Trinajstić information content (AvgIpc) is 2.65. The van der Waals surface area contributed by atoms with Gasteiger partial charge in [0.05, 0.1) is 6.42 Å². The van der Waals surface area contributed by atoms with Gasteiger partial charge in [0.2, 0.25) is 5.91 Å². The van der Waals surface area contributed by atoms with E-state index < -0.39 is 30.3 Å². The molecule has 0 bridgehead atoms. The van der Waals surface area contributed by atoms with Crippen molar-refractivity contribution in [3.05, 3.63) is 66.0 Å². The van der Waals surface area contributed by atoms with Crippen molar-refractivity contribution in [2.24, 2.45) is 5.92 Å². The van der Waals surface area contributed by atoms with Crippen molar-refractivity contribution in [1.29, 1.82) is 0 Å². The van der Waals surface area contributed by atoms with E-state index in [4.69, 9.17) is 4.74 Å². The van der Waals surface area contributed by atoms with Gasteiger partial charge in [0.25, 0.3) is 5.91 Å². The van der Waals surface area contributed by atoms with E-state index >= 15 is 0 Å². The van der Waals surface area contributed by atoms with Crippen LogP contribution in [0.3, 0.4) is 0 Å². The molecule has 2 N–H and O–H groups in total. The quantitative estimate of drug-likeness (QED) is 0.683. The van der Waals surface area contributed by atoms with Gasteiger partial charge in [0, 0.05) is 5.69 Å². The first-order valence-electron chi connectivity index (χ1n) is 8.90. The van der Waals surface area contributed by atoms with E-state index in [9.17, 15) is 18.8 Å². The molecule has 0 aliphatic heterocycles. The van der Waals surface area contributed by atoms with Crippen LogP contribution in [-0.2, 0) is 25.5 Å². The predicted molar refractivity (Wildman–Crippen MR) is 103 cm³/mol. The lowest BCUT2D eigenvalue weighted by Crippen LogP contribution is -2.46. The Hall–Kier alpha value is -3.22. The summed E-state index contributed by atoms with van der Waals surface area (Å²) in [5, 5.41) is 5.09. The molecule has 0 aliphatic rings. The van der Waals surface area contributed by atoms with Crippen molar-refractivity contribution in [2.45, 2.75) is 26.3 Å². The molecule has 7 heteroatoms. The number of esters is 1. The summed E-state index contributed by atoms with van der Waals surface area (Å²) in [6.45, 7) is 3.00. The van der Waals surface area contributed by atoms with E-state index in [1.807, 2.05) is 30.3 Å². The molecule has 0 spiro atoms. The molecule has 1 atom stereocenters. The number of hydrogen-bond donors (Lipinski definition) is 2. The Labute approximate surface area is 163 Å². The van der Waals surface area contributed by atoms with Crippen LogP contribution in [0.25, 0.3) is 0 Å². The third kappa shape index (κ3) is 6.83. The van der Waals surface area contributed by atoms with Gasteiger partial charge < -0.3 is 15.4 Å². The minimum atomic E-state index is -0.877. The summed E-state index contributed by atoms with van der Waals surface area (Å²) >= 11 is 0. The van der Waals surface area contributed by atoms with Crippen LogP contribution < -0.4 is 10.6 Å². The van der Waals surface area contributed by atoms with Crippen LogP contribution in [0.1, 0.15) is 19.4 Å². The lowest BCUT2D eigenvalue weighted by atomic mass is 10.0. The Morgan fingerprint density at radius 3 is 2.36 bits per heavy atom. The maximum atomic E-state index is 13.1. The third-order valence-corrected chi connectivity index (χ3v) is 3.90. The van der Waals surface area contributed by atoms with Crippen molar-refractivity contribution in [2.75, 3.05) is 11.9 Å². The highest BCUT2D eigenvalue weighted by molar-refractivity contribution is 5.93. The van der Waals surface area contributed by atoms with E-state index in [1.54, 1.807) is 13.8 Å². The highest BCUT2D eigenvalue weighted by atomic mass is 19.1. The monoisotopic (exact) mass is 386 g/mol. The number of amides is 2. The van der Waals surface area contributed by atoms with E-state index in [0.29, 0.717) is 0 Å². The lowest BCUT2D eigenvalue weighted by Gasteiger charge is -2.20. The second kappa shape index (κ2) is 10.2. The van der Waals surface area contributed by atoms with Gasteiger partial charge in [-0.1, -0.05) is 50.2 Å². The van der Waals surface area contributed by atoms with Gasteiger partial charge in [-0.3, -0.25) is 9.59 Å². The summed E-state index contributed by atoms with van der Waals surface area (Å²) in [4.78, 5) is 36.4.